The van der Waals surface area contributed by atoms with E-state index in [0.717, 1.165) is 29.5 Å². The molecule has 1 aliphatic carbocycles. The first kappa shape index (κ1) is 17.8. The van der Waals surface area contributed by atoms with Crippen LogP contribution in [0.3, 0.4) is 0 Å². The summed E-state index contributed by atoms with van der Waals surface area (Å²) in [7, 11) is 2.04. The first-order chi connectivity index (χ1) is 12.8. The SMILES string of the molecule is CN(CCO)c1nc(C2CCCCC2)nc2c1CCSc1ccccc1-2. The summed E-state index contributed by atoms with van der Waals surface area (Å²) in [5, 5.41) is 9.44. The maximum absolute atomic E-state index is 9.44. The first-order valence-corrected chi connectivity index (χ1v) is 10.7. The van der Waals surface area contributed by atoms with E-state index < -0.39 is 0 Å². The fourth-order valence-electron chi connectivity index (χ4n) is 4.11. The Morgan fingerprint density at radius 1 is 1.15 bits per heavy atom. The van der Waals surface area contributed by atoms with Gasteiger partial charge in [-0.25, -0.2) is 9.97 Å². The summed E-state index contributed by atoms with van der Waals surface area (Å²) in [6.07, 6.45) is 7.23. The maximum Gasteiger partial charge on any atom is 0.135 e. The third-order valence-corrected chi connectivity index (χ3v) is 6.60. The summed E-state index contributed by atoms with van der Waals surface area (Å²) in [4.78, 5) is 13.6. The van der Waals surface area contributed by atoms with Gasteiger partial charge in [-0.1, -0.05) is 37.5 Å². The summed E-state index contributed by atoms with van der Waals surface area (Å²) in [5.74, 6) is 3.53. The lowest BCUT2D eigenvalue weighted by Crippen LogP contribution is -2.25. The summed E-state index contributed by atoms with van der Waals surface area (Å²) in [5.41, 5.74) is 3.59. The highest BCUT2D eigenvalue weighted by molar-refractivity contribution is 7.99. The number of hydrogen-bond donors (Lipinski definition) is 1. The van der Waals surface area contributed by atoms with Crippen LogP contribution in [0, 0.1) is 0 Å². The van der Waals surface area contributed by atoms with Gasteiger partial charge in [0.1, 0.15) is 11.6 Å². The average Bonchev–Trinajstić information content (AvgIpc) is 2.87. The van der Waals surface area contributed by atoms with Crippen molar-refractivity contribution in [2.75, 3.05) is 30.9 Å². The highest BCUT2D eigenvalue weighted by atomic mass is 32.2. The molecule has 2 aromatic rings. The number of aliphatic hydroxyl groups excluding tert-OH is 1. The Hall–Kier alpha value is -1.59. The van der Waals surface area contributed by atoms with Crippen molar-refractivity contribution in [1.29, 1.82) is 0 Å². The van der Waals surface area contributed by atoms with E-state index in [9.17, 15) is 5.11 Å². The molecule has 0 unspecified atom stereocenters. The largest absolute Gasteiger partial charge is 0.395 e. The fourth-order valence-corrected chi connectivity index (χ4v) is 5.13. The number of nitrogens with zero attached hydrogens (tertiary/aromatic N) is 3. The summed E-state index contributed by atoms with van der Waals surface area (Å²) in [6.45, 7) is 0.738. The highest BCUT2D eigenvalue weighted by Gasteiger charge is 2.26. The molecule has 4 rings (SSSR count). The van der Waals surface area contributed by atoms with Gasteiger partial charge >= 0.3 is 0 Å². The molecule has 2 heterocycles. The molecule has 1 N–H and O–H groups in total. The Kier molecular flexibility index (Phi) is 5.46. The van der Waals surface area contributed by atoms with E-state index >= 15 is 0 Å². The number of thioether (sulfide) groups is 1. The number of fused-ring (bicyclic) bond motifs is 3. The van der Waals surface area contributed by atoms with Crippen LogP contribution in [-0.4, -0.2) is 41.0 Å². The number of aliphatic hydroxyl groups is 1. The van der Waals surface area contributed by atoms with E-state index in [1.165, 1.54) is 48.1 Å². The summed E-state index contributed by atoms with van der Waals surface area (Å²) in [6, 6.07) is 8.61. The van der Waals surface area contributed by atoms with Crippen LogP contribution in [-0.2, 0) is 6.42 Å². The van der Waals surface area contributed by atoms with E-state index in [1.807, 2.05) is 18.8 Å². The van der Waals surface area contributed by atoms with Gasteiger partial charge in [-0.05, 0) is 25.3 Å². The number of rotatable bonds is 4. The molecule has 0 saturated heterocycles. The second-order valence-electron chi connectivity index (χ2n) is 7.31. The van der Waals surface area contributed by atoms with Crippen LogP contribution in [0.4, 0.5) is 5.82 Å². The van der Waals surface area contributed by atoms with Crippen molar-refractivity contribution in [3.63, 3.8) is 0 Å². The van der Waals surface area contributed by atoms with Crippen LogP contribution in [0.1, 0.15) is 49.4 Å². The molecule has 2 aliphatic rings. The van der Waals surface area contributed by atoms with Crippen LogP contribution in [0.25, 0.3) is 11.3 Å². The predicted octanol–water partition coefficient (Wildman–Crippen LogP) is 4.27. The third-order valence-electron chi connectivity index (χ3n) is 5.52. The Morgan fingerprint density at radius 2 is 1.96 bits per heavy atom. The molecule has 0 bridgehead atoms. The van der Waals surface area contributed by atoms with Gasteiger partial charge in [0.05, 0.1) is 12.3 Å². The summed E-state index contributed by atoms with van der Waals surface area (Å²) >= 11 is 1.91. The minimum atomic E-state index is 0.138. The van der Waals surface area contributed by atoms with Gasteiger partial charge in [0.15, 0.2) is 0 Å². The van der Waals surface area contributed by atoms with Crippen LogP contribution < -0.4 is 4.90 Å². The van der Waals surface area contributed by atoms with Gasteiger partial charge in [0.25, 0.3) is 0 Å². The standard InChI is InChI=1S/C21H27N3OS/c1-24(12-13-25)21-17-11-14-26-18-10-6-5-9-16(18)19(17)22-20(23-21)15-7-3-2-4-8-15/h5-6,9-10,15,25H,2-4,7-8,11-14H2,1H3. The molecule has 0 radical (unpaired) electrons. The van der Waals surface area contributed by atoms with E-state index in [1.54, 1.807) is 0 Å². The molecule has 5 heteroatoms. The number of hydrogen-bond acceptors (Lipinski definition) is 5. The lowest BCUT2D eigenvalue weighted by atomic mass is 9.88. The molecule has 26 heavy (non-hydrogen) atoms. The molecule has 1 fully saturated rings. The molecule has 4 nitrogen and oxygen atoms in total. The van der Waals surface area contributed by atoms with Gasteiger partial charge in [-0.15, -0.1) is 11.8 Å². The lowest BCUT2D eigenvalue weighted by Gasteiger charge is -2.26. The van der Waals surface area contributed by atoms with Crippen molar-refractivity contribution in [2.45, 2.75) is 49.3 Å². The van der Waals surface area contributed by atoms with Gasteiger partial charge < -0.3 is 10.0 Å². The van der Waals surface area contributed by atoms with Crippen molar-refractivity contribution in [1.82, 2.24) is 9.97 Å². The van der Waals surface area contributed by atoms with Gasteiger partial charge in [-0.2, -0.15) is 0 Å². The molecular weight excluding hydrogens is 342 g/mol. The quantitative estimate of drug-likeness (QED) is 0.872. The number of benzene rings is 1. The van der Waals surface area contributed by atoms with Crippen LogP contribution >= 0.6 is 11.8 Å². The molecule has 1 saturated carbocycles. The van der Waals surface area contributed by atoms with Crippen molar-refractivity contribution in [2.24, 2.45) is 0 Å². The van der Waals surface area contributed by atoms with Crippen molar-refractivity contribution in [3.05, 3.63) is 35.7 Å². The molecule has 1 aromatic carbocycles. The normalized spacial score (nSPS) is 17.3. The zero-order valence-corrected chi connectivity index (χ0v) is 16.3. The van der Waals surface area contributed by atoms with Crippen molar-refractivity contribution >= 4 is 17.6 Å². The maximum atomic E-state index is 9.44. The van der Waals surface area contributed by atoms with Crippen LogP contribution in [0.5, 0.6) is 0 Å². The molecular formula is C21H27N3OS. The van der Waals surface area contributed by atoms with Gasteiger partial charge in [-0.3, -0.25) is 0 Å². The Bertz CT molecular complexity index is 774. The molecule has 0 spiro atoms. The van der Waals surface area contributed by atoms with E-state index in [4.69, 9.17) is 9.97 Å². The number of anilines is 1. The fraction of sp³-hybridized carbons (Fsp3) is 0.524. The Morgan fingerprint density at radius 3 is 2.77 bits per heavy atom. The highest BCUT2D eigenvalue weighted by Crippen LogP contribution is 2.41. The topological polar surface area (TPSA) is 49.2 Å². The van der Waals surface area contributed by atoms with E-state index in [0.29, 0.717) is 12.5 Å². The monoisotopic (exact) mass is 369 g/mol. The molecule has 1 aromatic heterocycles. The third kappa shape index (κ3) is 3.47. The second kappa shape index (κ2) is 7.97. The molecule has 0 atom stereocenters. The Labute approximate surface area is 160 Å². The van der Waals surface area contributed by atoms with Gasteiger partial charge in [0.2, 0.25) is 0 Å². The average molecular weight is 370 g/mol. The predicted molar refractivity (Wildman–Crippen MR) is 108 cm³/mol. The van der Waals surface area contributed by atoms with Crippen molar-refractivity contribution in [3.8, 4) is 11.3 Å². The van der Waals surface area contributed by atoms with Crippen molar-refractivity contribution < 1.29 is 5.11 Å². The minimum Gasteiger partial charge on any atom is -0.395 e. The zero-order chi connectivity index (χ0) is 17.9. The molecule has 0 amide bonds. The zero-order valence-electron chi connectivity index (χ0n) is 15.4. The lowest BCUT2D eigenvalue weighted by molar-refractivity contribution is 0.303. The molecule has 138 valence electrons. The number of aromatic nitrogens is 2. The molecule has 1 aliphatic heterocycles. The second-order valence-corrected chi connectivity index (χ2v) is 8.44. The van der Waals surface area contributed by atoms with Crippen LogP contribution in [0.15, 0.2) is 29.2 Å². The smallest absolute Gasteiger partial charge is 0.135 e. The number of likely N-dealkylation sites (N-methyl/N-ethyl adjacent to an activating group) is 1. The van der Waals surface area contributed by atoms with Gasteiger partial charge in [0, 0.05) is 41.3 Å². The van der Waals surface area contributed by atoms with E-state index in [2.05, 4.69) is 29.2 Å². The van der Waals surface area contributed by atoms with Crippen LogP contribution in [0.2, 0.25) is 0 Å². The summed E-state index contributed by atoms with van der Waals surface area (Å²) < 4.78 is 0. The minimum absolute atomic E-state index is 0.138. The first-order valence-electron chi connectivity index (χ1n) is 9.73. The van der Waals surface area contributed by atoms with E-state index in [-0.39, 0.29) is 6.61 Å². The Balaban J connectivity index is 1.87.